The molecule has 116 valence electrons. The first-order valence-corrected chi connectivity index (χ1v) is 7.32. The van der Waals surface area contributed by atoms with Crippen LogP contribution in [0.5, 0.6) is 5.88 Å². The summed E-state index contributed by atoms with van der Waals surface area (Å²) < 4.78 is 10.7. The number of nitrogens with zero attached hydrogens (tertiary/aromatic N) is 1. The lowest BCUT2D eigenvalue weighted by molar-refractivity contribution is 0.0527. The van der Waals surface area contributed by atoms with E-state index in [1.807, 2.05) is 0 Å². The highest BCUT2D eigenvalue weighted by atomic mass is 16.5. The third-order valence-corrected chi connectivity index (χ3v) is 3.98. The van der Waals surface area contributed by atoms with Gasteiger partial charge in [0.15, 0.2) is 0 Å². The molecule has 0 bridgehead atoms. The van der Waals surface area contributed by atoms with Crippen molar-refractivity contribution in [1.82, 2.24) is 4.98 Å². The maximum absolute atomic E-state index is 11.6. The van der Waals surface area contributed by atoms with Crippen LogP contribution < -0.4 is 10.5 Å². The summed E-state index contributed by atoms with van der Waals surface area (Å²) in [5.74, 6) is 0.452. The topological polar surface area (TPSA) is 74.4 Å². The Labute approximate surface area is 125 Å². The molecule has 2 rings (SSSR count). The molecule has 1 aliphatic carbocycles. The van der Waals surface area contributed by atoms with Crippen molar-refractivity contribution in [1.29, 1.82) is 0 Å². The molecule has 5 nitrogen and oxygen atoms in total. The van der Waals surface area contributed by atoms with Gasteiger partial charge in [-0.25, -0.2) is 9.78 Å². The van der Waals surface area contributed by atoms with E-state index in [-0.39, 0.29) is 17.2 Å². The highest BCUT2D eigenvalue weighted by molar-refractivity contribution is 5.95. The number of hydrogen-bond acceptors (Lipinski definition) is 5. The molecule has 0 aromatic carbocycles. The number of methoxy groups -OCH3 is 1. The first-order chi connectivity index (χ1) is 9.82. The summed E-state index contributed by atoms with van der Waals surface area (Å²) >= 11 is 0. The average molecular weight is 292 g/mol. The Bertz CT molecular complexity index is 528. The van der Waals surface area contributed by atoms with Gasteiger partial charge < -0.3 is 15.2 Å². The van der Waals surface area contributed by atoms with Gasteiger partial charge >= 0.3 is 5.97 Å². The molecule has 2 N–H and O–H groups in total. The van der Waals surface area contributed by atoms with Gasteiger partial charge in [-0.3, -0.25) is 0 Å². The Kier molecular flexibility index (Phi) is 4.40. The van der Waals surface area contributed by atoms with Crippen LogP contribution in [0.3, 0.4) is 0 Å². The number of esters is 1. The fourth-order valence-corrected chi connectivity index (χ4v) is 3.34. The molecule has 1 saturated carbocycles. The van der Waals surface area contributed by atoms with Gasteiger partial charge in [-0.15, -0.1) is 0 Å². The van der Waals surface area contributed by atoms with E-state index >= 15 is 0 Å². The van der Waals surface area contributed by atoms with Gasteiger partial charge in [0.05, 0.1) is 12.7 Å². The quantitative estimate of drug-likeness (QED) is 0.867. The summed E-state index contributed by atoms with van der Waals surface area (Å²) in [7, 11) is 1.33. The molecule has 1 aromatic rings. The molecule has 0 radical (unpaired) electrons. The van der Waals surface area contributed by atoms with Gasteiger partial charge in [0.25, 0.3) is 0 Å². The van der Waals surface area contributed by atoms with Gasteiger partial charge in [0.1, 0.15) is 11.8 Å². The largest absolute Gasteiger partial charge is 0.473 e. The van der Waals surface area contributed by atoms with Crippen LogP contribution in [0.25, 0.3) is 0 Å². The van der Waals surface area contributed by atoms with Crippen LogP contribution in [0.1, 0.15) is 50.4 Å². The van der Waals surface area contributed by atoms with Crippen LogP contribution in [0, 0.1) is 11.3 Å². The minimum absolute atomic E-state index is 0.0754. The lowest BCUT2D eigenvalue weighted by Crippen LogP contribution is -2.34. The maximum Gasteiger partial charge on any atom is 0.340 e. The van der Waals surface area contributed by atoms with Crippen molar-refractivity contribution in [3.63, 3.8) is 0 Å². The Morgan fingerprint density at radius 2 is 2.14 bits per heavy atom. The van der Waals surface area contributed by atoms with E-state index in [0.29, 0.717) is 17.4 Å². The number of pyridine rings is 1. The molecule has 0 spiro atoms. The van der Waals surface area contributed by atoms with E-state index in [1.165, 1.54) is 19.7 Å². The fourth-order valence-electron chi connectivity index (χ4n) is 3.34. The number of nitrogens with two attached hydrogens (primary N) is 1. The second-order valence-electron chi connectivity index (χ2n) is 6.72. The summed E-state index contributed by atoms with van der Waals surface area (Å²) in [5, 5.41) is 0. The number of aromatic nitrogens is 1. The molecule has 21 heavy (non-hydrogen) atoms. The molecular weight excluding hydrogens is 268 g/mol. The summed E-state index contributed by atoms with van der Waals surface area (Å²) in [4.78, 5) is 15.8. The maximum atomic E-state index is 11.6. The molecule has 2 atom stereocenters. The number of rotatable bonds is 3. The Hall–Kier alpha value is -1.78. The molecule has 0 amide bonds. The third kappa shape index (κ3) is 3.65. The number of carbonyl (C=O) groups is 1. The Morgan fingerprint density at radius 3 is 2.76 bits per heavy atom. The number of nitrogen functional groups attached to an aromatic ring is 1. The summed E-state index contributed by atoms with van der Waals surface area (Å²) in [6.07, 6.45) is 4.73. The molecule has 0 saturated heterocycles. The van der Waals surface area contributed by atoms with E-state index in [9.17, 15) is 4.79 Å². The zero-order valence-corrected chi connectivity index (χ0v) is 13.2. The molecular formula is C16H24N2O3. The van der Waals surface area contributed by atoms with Gasteiger partial charge in [-0.1, -0.05) is 20.8 Å². The highest BCUT2D eigenvalue weighted by Crippen LogP contribution is 2.40. The van der Waals surface area contributed by atoms with Crippen molar-refractivity contribution in [2.24, 2.45) is 11.3 Å². The first-order valence-electron chi connectivity index (χ1n) is 7.32. The number of anilines is 1. The van der Waals surface area contributed by atoms with Gasteiger partial charge in [-0.2, -0.15) is 0 Å². The zero-order chi connectivity index (χ0) is 15.6. The standard InChI is InChI=1S/C16H24N2O3/c1-10-7-11(9-16(2,3)8-10)21-14-13(17)12(5-6-18-14)15(19)20-4/h5-6,10-11H,7-9,17H2,1-4H3. The predicted molar refractivity (Wildman–Crippen MR) is 81.2 cm³/mol. The van der Waals surface area contributed by atoms with Crippen molar-refractivity contribution >= 4 is 11.7 Å². The Morgan fingerprint density at radius 1 is 1.43 bits per heavy atom. The van der Waals surface area contributed by atoms with Crippen LogP contribution in [-0.4, -0.2) is 24.2 Å². The highest BCUT2D eigenvalue weighted by Gasteiger charge is 2.33. The van der Waals surface area contributed by atoms with E-state index in [1.54, 1.807) is 6.07 Å². The number of hydrogen-bond donors (Lipinski definition) is 1. The second-order valence-corrected chi connectivity index (χ2v) is 6.72. The lowest BCUT2D eigenvalue weighted by atomic mass is 9.71. The van der Waals surface area contributed by atoms with E-state index < -0.39 is 5.97 Å². The third-order valence-electron chi connectivity index (χ3n) is 3.98. The zero-order valence-electron chi connectivity index (χ0n) is 13.2. The molecule has 1 aromatic heterocycles. The van der Waals surface area contributed by atoms with Crippen LogP contribution in [0.2, 0.25) is 0 Å². The lowest BCUT2D eigenvalue weighted by Gasteiger charge is -2.38. The predicted octanol–water partition coefficient (Wildman–Crippen LogP) is 3.04. The van der Waals surface area contributed by atoms with Crippen molar-refractivity contribution in [3.05, 3.63) is 17.8 Å². The first kappa shape index (κ1) is 15.6. The summed E-state index contributed by atoms with van der Waals surface area (Å²) in [6, 6.07) is 1.54. The smallest absolute Gasteiger partial charge is 0.340 e. The molecule has 5 heteroatoms. The van der Waals surface area contributed by atoms with Crippen LogP contribution >= 0.6 is 0 Å². The second kappa shape index (κ2) is 5.92. The summed E-state index contributed by atoms with van der Waals surface area (Å²) in [6.45, 7) is 6.74. The van der Waals surface area contributed by atoms with E-state index in [2.05, 4.69) is 25.8 Å². The van der Waals surface area contributed by atoms with E-state index in [0.717, 1.165) is 12.8 Å². The fraction of sp³-hybridized carbons (Fsp3) is 0.625. The van der Waals surface area contributed by atoms with Crippen molar-refractivity contribution in [2.45, 2.75) is 46.1 Å². The minimum Gasteiger partial charge on any atom is -0.473 e. The number of carbonyl (C=O) groups excluding carboxylic acids is 1. The molecule has 1 fully saturated rings. The van der Waals surface area contributed by atoms with Crippen LogP contribution in [0.15, 0.2) is 12.3 Å². The van der Waals surface area contributed by atoms with Gasteiger partial charge in [0.2, 0.25) is 5.88 Å². The SMILES string of the molecule is COC(=O)c1ccnc(OC2CC(C)CC(C)(C)C2)c1N. The normalized spacial score (nSPS) is 24.4. The van der Waals surface area contributed by atoms with Crippen molar-refractivity contribution < 1.29 is 14.3 Å². The van der Waals surface area contributed by atoms with Crippen molar-refractivity contribution in [2.75, 3.05) is 12.8 Å². The summed E-state index contributed by atoms with van der Waals surface area (Å²) in [5.41, 5.74) is 6.79. The average Bonchev–Trinajstić information content (AvgIpc) is 2.38. The van der Waals surface area contributed by atoms with Crippen molar-refractivity contribution in [3.8, 4) is 5.88 Å². The minimum atomic E-state index is -0.475. The van der Waals surface area contributed by atoms with Gasteiger partial charge in [-0.05, 0) is 36.7 Å². The number of ether oxygens (including phenoxy) is 2. The molecule has 1 aliphatic rings. The Balaban J connectivity index is 2.18. The van der Waals surface area contributed by atoms with Crippen LogP contribution in [0.4, 0.5) is 5.69 Å². The van der Waals surface area contributed by atoms with Gasteiger partial charge in [0, 0.05) is 6.20 Å². The molecule has 0 aliphatic heterocycles. The molecule has 1 heterocycles. The van der Waals surface area contributed by atoms with E-state index in [4.69, 9.17) is 15.2 Å². The van der Waals surface area contributed by atoms with Crippen LogP contribution in [-0.2, 0) is 4.74 Å². The molecule has 2 unspecified atom stereocenters. The monoisotopic (exact) mass is 292 g/mol.